The molecule has 0 saturated carbocycles. The molecule has 3 rings (SSSR count). The van der Waals surface area contributed by atoms with E-state index in [1.807, 2.05) is 44.6 Å². The number of likely N-dealkylation sites (tertiary alicyclic amines) is 1. The van der Waals surface area contributed by atoms with Crippen LogP contribution in [0.4, 0.5) is 15.6 Å². The van der Waals surface area contributed by atoms with Crippen LogP contribution in [0.3, 0.4) is 0 Å². The minimum absolute atomic E-state index is 0.193. The van der Waals surface area contributed by atoms with Gasteiger partial charge in [-0.15, -0.1) is 5.10 Å². The van der Waals surface area contributed by atoms with Crippen molar-refractivity contribution in [2.75, 3.05) is 25.5 Å². The maximum atomic E-state index is 12.3. The Labute approximate surface area is 187 Å². The second kappa shape index (κ2) is 9.45. The zero-order valence-electron chi connectivity index (χ0n) is 18.3. The molecule has 1 N–H and O–H groups in total. The lowest BCUT2D eigenvalue weighted by Gasteiger charge is -2.37. The predicted molar refractivity (Wildman–Crippen MR) is 124 cm³/mol. The fourth-order valence-corrected chi connectivity index (χ4v) is 4.43. The molecule has 2 heterocycles. The normalized spacial score (nSPS) is 15.8. The zero-order valence-corrected chi connectivity index (χ0v) is 20.0. The average molecular weight is 450 g/mol. The van der Waals surface area contributed by atoms with E-state index in [1.54, 1.807) is 4.90 Å². The number of nitrogens with one attached hydrogen (secondary N) is 1. The smallest absolute Gasteiger partial charge is 0.410 e. The maximum Gasteiger partial charge on any atom is 0.410 e. The van der Waals surface area contributed by atoms with Gasteiger partial charge in [0.15, 0.2) is 3.95 Å². The van der Waals surface area contributed by atoms with E-state index in [2.05, 4.69) is 34.4 Å². The lowest BCUT2D eigenvalue weighted by Crippen LogP contribution is -2.47. The lowest BCUT2D eigenvalue weighted by molar-refractivity contribution is 0.0135. The van der Waals surface area contributed by atoms with Gasteiger partial charge in [-0.1, -0.05) is 23.5 Å². The van der Waals surface area contributed by atoms with Gasteiger partial charge >= 0.3 is 6.09 Å². The van der Waals surface area contributed by atoms with Crippen molar-refractivity contribution in [3.8, 4) is 0 Å². The van der Waals surface area contributed by atoms with Crippen molar-refractivity contribution in [1.82, 2.24) is 19.6 Å². The molecular formula is C21H31N5O2S2. The molecule has 0 aliphatic carbocycles. The van der Waals surface area contributed by atoms with Crippen molar-refractivity contribution >= 4 is 40.5 Å². The number of nitrogens with zero attached hydrogens (tertiary/aromatic N) is 4. The summed E-state index contributed by atoms with van der Waals surface area (Å²) >= 11 is 6.99. The van der Waals surface area contributed by atoms with E-state index < -0.39 is 5.60 Å². The first-order valence-corrected chi connectivity index (χ1v) is 11.4. The van der Waals surface area contributed by atoms with Gasteiger partial charge in [0.05, 0.1) is 6.67 Å². The van der Waals surface area contributed by atoms with Crippen LogP contribution in [0, 0.1) is 10.9 Å². The highest BCUT2D eigenvalue weighted by molar-refractivity contribution is 7.73. The molecule has 1 aromatic carbocycles. The minimum atomic E-state index is -0.475. The van der Waals surface area contributed by atoms with Gasteiger partial charge in [-0.05, 0) is 70.5 Å². The Hall–Kier alpha value is -1.97. The minimum Gasteiger partial charge on any atom is -0.444 e. The molecule has 164 valence electrons. The Bertz CT molecular complexity index is 926. The van der Waals surface area contributed by atoms with Crippen molar-refractivity contribution in [2.45, 2.75) is 58.8 Å². The second-order valence-electron chi connectivity index (χ2n) is 8.75. The van der Waals surface area contributed by atoms with E-state index >= 15 is 0 Å². The van der Waals surface area contributed by atoms with Crippen molar-refractivity contribution < 1.29 is 9.53 Å². The number of carbonyl (C=O) groups excluding carboxylic acids is 1. The number of piperidine rings is 1. The van der Waals surface area contributed by atoms with Gasteiger partial charge in [0.1, 0.15) is 5.60 Å². The van der Waals surface area contributed by atoms with Gasteiger partial charge in [-0.2, -0.15) is 0 Å². The van der Waals surface area contributed by atoms with Crippen LogP contribution in [0.1, 0.15) is 39.2 Å². The Balaban J connectivity index is 1.53. The van der Waals surface area contributed by atoms with E-state index in [9.17, 15) is 4.79 Å². The van der Waals surface area contributed by atoms with Gasteiger partial charge in [0.25, 0.3) is 0 Å². The summed E-state index contributed by atoms with van der Waals surface area (Å²) in [5.74, 6) is 0. The monoisotopic (exact) mass is 449 g/mol. The molecule has 1 amide bonds. The number of hydrogen-bond acceptors (Lipinski definition) is 7. The molecule has 1 aliphatic heterocycles. The van der Waals surface area contributed by atoms with Crippen LogP contribution >= 0.6 is 23.6 Å². The number of ether oxygens (including phenoxy) is 1. The molecular weight excluding hydrogens is 418 g/mol. The van der Waals surface area contributed by atoms with E-state index in [0.717, 1.165) is 40.7 Å². The summed E-state index contributed by atoms with van der Waals surface area (Å²) in [5.41, 5.74) is 1.73. The Morgan fingerprint density at radius 1 is 1.37 bits per heavy atom. The van der Waals surface area contributed by atoms with Gasteiger partial charge in [0.2, 0.25) is 5.13 Å². The number of aromatic nitrogens is 2. The summed E-state index contributed by atoms with van der Waals surface area (Å²) in [4.78, 5) is 16.4. The third-order valence-corrected chi connectivity index (χ3v) is 6.22. The van der Waals surface area contributed by atoms with Gasteiger partial charge in [0, 0.05) is 31.9 Å². The standard InChI is InChI=1S/C21H31N5O2S2/c1-15-7-6-8-16(13-15)22-18-23-26(20(29)30-18)14-25-11-9-17(10-12-25)24(5)19(27)28-21(2,3)4/h6-8,13,17H,9-12,14H2,1-5H3,(H,22,23). The van der Waals surface area contributed by atoms with Crippen LogP contribution in [0.15, 0.2) is 24.3 Å². The highest BCUT2D eigenvalue weighted by atomic mass is 32.1. The molecule has 9 heteroatoms. The van der Waals surface area contributed by atoms with Crippen molar-refractivity contribution in [3.63, 3.8) is 0 Å². The van der Waals surface area contributed by atoms with E-state index in [0.29, 0.717) is 6.67 Å². The number of amides is 1. The molecule has 0 atom stereocenters. The topological polar surface area (TPSA) is 62.6 Å². The molecule has 0 bridgehead atoms. The second-order valence-corrected chi connectivity index (χ2v) is 10.4. The Kier molecular flexibility index (Phi) is 7.15. The lowest BCUT2D eigenvalue weighted by atomic mass is 10.0. The number of aryl methyl sites for hydroxylation is 1. The van der Waals surface area contributed by atoms with Crippen molar-refractivity contribution in [2.24, 2.45) is 0 Å². The van der Waals surface area contributed by atoms with Gasteiger partial charge in [-0.25, -0.2) is 9.48 Å². The summed E-state index contributed by atoms with van der Waals surface area (Å²) in [7, 11) is 1.83. The zero-order chi connectivity index (χ0) is 21.9. The quantitative estimate of drug-likeness (QED) is 0.647. The number of benzene rings is 1. The van der Waals surface area contributed by atoms with E-state index in [1.165, 1.54) is 16.9 Å². The van der Waals surface area contributed by atoms with Crippen LogP contribution in [-0.4, -0.2) is 57.5 Å². The van der Waals surface area contributed by atoms with Gasteiger partial charge in [-0.3, -0.25) is 4.90 Å². The Morgan fingerprint density at radius 3 is 2.70 bits per heavy atom. The summed E-state index contributed by atoms with van der Waals surface area (Å²) in [5, 5.41) is 8.78. The molecule has 30 heavy (non-hydrogen) atoms. The van der Waals surface area contributed by atoms with E-state index in [4.69, 9.17) is 17.0 Å². The van der Waals surface area contributed by atoms with Crippen molar-refractivity contribution in [3.05, 3.63) is 33.8 Å². The van der Waals surface area contributed by atoms with Crippen LogP contribution in [0.2, 0.25) is 0 Å². The molecule has 2 aromatic rings. The molecule has 0 spiro atoms. The molecule has 7 nitrogen and oxygen atoms in total. The number of hydrogen-bond donors (Lipinski definition) is 1. The van der Waals surface area contributed by atoms with Gasteiger partial charge < -0.3 is 15.0 Å². The third-order valence-electron chi connectivity index (χ3n) is 5.00. The molecule has 1 fully saturated rings. The molecule has 0 unspecified atom stereocenters. The maximum absolute atomic E-state index is 12.3. The summed E-state index contributed by atoms with van der Waals surface area (Å²) in [6.07, 6.45) is 1.55. The predicted octanol–water partition coefficient (Wildman–Crippen LogP) is 5.01. The highest BCUT2D eigenvalue weighted by Gasteiger charge is 2.28. The number of rotatable bonds is 5. The summed E-state index contributed by atoms with van der Waals surface area (Å²) < 4.78 is 8.11. The number of carbonyl (C=O) groups is 1. The van der Waals surface area contributed by atoms with Crippen LogP contribution in [-0.2, 0) is 11.4 Å². The number of anilines is 2. The van der Waals surface area contributed by atoms with Crippen LogP contribution < -0.4 is 5.32 Å². The first-order valence-electron chi connectivity index (χ1n) is 10.2. The molecule has 1 aromatic heterocycles. The first-order chi connectivity index (χ1) is 14.1. The highest BCUT2D eigenvalue weighted by Crippen LogP contribution is 2.23. The Morgan fingerprint density at radius 2 is 2.07 bits per heavy atom. The fourth-order valence-electron chi connectivity index (χ4n) is 3.41. The molecule has 1 aliphatic rings. The SMILES string of the molecule is Cc1cccc(Nc2nn(CN3CCC(N(C)C(=O)OC(C)(C)C)CC3)c(=S)s2)c1. The summed E-state index contributed by atoms with van der Waals surface area (Å²) in [6, 6.07) is 8.38. The first kappa shape index (κ1) is 22.7. The molecule has 0 radical (unpaired) electrons. The third kappa shape index (κ3) is 6.26. The van der Waals surface area contributed by atoms with Crippen molar-refractivity contribution in [1.29, 1.82) is 0 Å². The van der Waals surface area contributed by atoms with Crippen LogP contribution in [0.5, 0.6) is 0 Å². The summed E-state index contributed by atoms with van der Waals surface area (Å²) in [6.45, 7) is 10.2. The largest absolute Gasteiger partial charge is 0.444 e. The van der Waals surface area contributed by atoms with Crippen LogP contribution in [0.25, 0.3) is 0 Å². The molecule has 1 saturated heterocycles. The van der Waals surface area contributed by atoms with E-state index in [-0.39, 0.29) is 12.1 Å². The fraction of sp³-hybridized carbons (Fsp3) is 0.571. The average Bonchev–Trinajstić information content (AvgIpc) is 2.99.